The van der Waals surface area contributed by atoms with Crippen molar-refractivity contribution in [2.75, 3.05) is 0 Å². The Balaban J connectivity index is 0.000000300. The molecule has 3 N–H and O–H groups in total. The molecule has 0 unspecified atom stereocenters. The lowest BCUT2D eigenvalue weighted by Crippen LogP contribution is -2.05. The molecule has 10 heteroatoms. The van der Waals surface area contributed by atoms with Gasteiger partial charge in [-0.1, -0.05) is 24.3 Å². The number of amides is 1. The van der Waals surface area contributed by atoms with Crippen molar-refractivity contribution < 1.29 is 41.0 Å². The molecule has 0 radical (unpaired) electrons. The molecular formula is C20H15F6NO3. The maximum atomic E-state index is 12.1. The molecule has 0 aliphatic rings. The zero-order chi connectivity index (χ0) is 22.9. The lowest BCUT2D eigenvalue weighted by Gasteiger charge is -2.05. The number of carboxylic acids is 1. The molecule has 0 atom stereocenters. The highest BCUT2D eigenvalue weighted by Crippen LogP contribution is 2.30. The van der Waals surface area contributed by atoms with Gasteiger partial charge in [0.1, 0.15) is 0 Å². The van der Waals surface area contributed by atoms with Gasteiger partial charge >= 0.3 is 18.3 Å². The van der Waals surface area contributed by atoms with Crippen LogP contribution >= 0.6 is 0 Å². The zero-order valence-corrected chi connectivity index (χ0v) is 15.0. The van der Waals surface area contributed by atoms with Gasteiger partial charge in [-0.05, 0) is 47.5 Å². The summed E-state index contributed by atoms with van der Waals surface area (Å²) in [4.78, 5) is 20.5. The first-order valence-electron chi connectivity index (χ1n) is 8.02. The van der Waals surface area contributed by atoms with Gasteiger partial charge in [-0.25, -0.2) is 4.79 Å². The largest absolute Gasteiger partial charge is 0.478 e. The number of carbonyl (C=O) groups excluding carboxylic acids is 1. The number of primary amides is 1. The number of benzene rings is 2. The van der Waals surface area contributed by atoms with Crippen LogP contribution < -0.4 is 5.73 Å². The third-order valence-corrected chi connectivity index (χ3v) is 3.33. The summed E-state index contributed by atoms with van der Waals surface area (Å²) in [7, 11) is 0. The summed E-state index contributed by atoms with van der Waals surface area (Å²) in [6.07, 6.45) is -4.18. The van der Waals surface area contributed by atoms with Crippen molar-refractivity contribution in [3.05, 3.63) is 82.9 Å². The molecule has 0 spiro atoms. The van der Waals surface area contributed by atoms with E-state index in [1.54, 1.807) is 0 Å². The van der Waals surface area contributed by atoms with Crippen LogP contribution in [0.15, 0.2) is 60.7 Å². The van der Waals surface area contributed by atoms with Gasteiger partial charge < -0.3 is 10.8 Å². The van der Waals surface area contributed by atoms with E-state index in [4.69, 9.17) is 10.8 Å². The first-order valence-corrected chi connectivity index (χ1v) is 8.02. The van der Waals surface area contributed by atoms with Gasteiger partial charge in [-0.15, -0.1) is 0 Å². The zero-order valence-electron chi connectivity index (χ0n) is 15.0. The SMILES string of the molecule is NC(=O)C=Cc1ccc(C(F)(F)F)cc1.O=C(O)C=Cc1ccc(C(F)(F)F)cc1. The van der Waals surface area contributed by atoms with Gasteiger partial charge in [-0.3, -0.25) is 4.79 Å². The normalized spacial score (nSPS) is 11.9. The number of carbonyl (C=O) groups is 2. The van der Waals surface area contributed by atoms with Crippen molar-refractivity contribution in [1.29, 1.82) is 0 Å². The minimum absolute atomic E-state index is 0.408. The first kappa shape index (κ1) is 24.5. The summed E-state index contributed by atoms with van der Waals surface area (Å²) in [5, 5.41) is 8.29. The minimum Gasteiger partial charge on any atom is -0.478 e. The van der Waals surface area contributed by atoms with Crippen molar-refractivity contribution in [2.24, 2.45) is 5.73 Å². The van der Waals surface area contributed by atoms with Gasteiger partial charge in [0.2, 0.25) is 5.91 Å². The number of halogens is 6. The highest BCUT2D eigenvalue weighted by molar-refractivity contribution is 5.90. The molecule has 0 aliphatic carbocycles. The van der Waals surface area contributed by atoms with E-state index in [0.29, 0.717) is 11.1 Å². The Morgan fingerprint density at radius 2 is 1.03 bits per heavy atom. The predicted molar refractivity (Wildman–Crippen MR) is 97.8 cm³/mol. The van der Waals surface area contributed by atoms with Crippen LogP contribution in [0.3, 0.4) is 0 Å². The van der Waals surface area contributed by atoms with Gasteiger partial charge in [0.25, 0.3) is 0 Å². The van der Waals surface area contributed by atoms with E-state index < -0.39 is 35.4 Å². The Bertz CT molecular complexity index is 834. The van der Waals surface area contributed by atoms with E-state index in [0.717, 1.165) is 36.4 Å². The fourth-order valence-electron chi connectivity index (χ4n) is 1.91. The Morgan fingerprint density at radius 1 is 0.700 bits per heavy atom. The van der Waals surface area contributed by atoms with Gasteiger partial charge in [0.05, 0.1) is 11.1 Å². The summed E-state index contributed by atoms with van der Waals surface area (Å²) < 4.78 is 72.8. The second-order valence-corrected chi connectivity index (χ2v) is 5.65. The Kier molecular flexibility index (Phi) is 8.39. The molecule has 0 heterocycles. The van der Waals surface area contributed by atoms with Crippen molar-refractivity contribution in [2.45, 2.75) is 12.4 Å². The van der Waals surface area contributed by atoms with E-state index >= 15 is 0 Å². The maximum absolute atomic E-state index is 12.1. The molecule has 30 heavy (non-hydrogen) atoms. The van der Waals surface area contributed by atoms with Gasteiger partial charge in [0.15, 0.2) is 0 Å². The molecule has 0 aromatic heterocycles. The average molecular weight is 431 g/mol. The van der Waals surface area contributed by atoms with Crippen LogP contribution in [0.25, 0.3) is 12.2 Å². The lowest BCUT2D eigenvalue weighted by atomic mass is 10.1. The summed E-state index contributed by atoms with van der Waals surface area (Å²) in [5.74, 6) is -1.79. The fraction of sp³-hybridized carbons (Fsp3) is 0.100. The van der Waals surface area contributed by atoms with Crippen LogP contribution in [0.4, 0.5) is 26.3 Å². The number of carboxylic acid groups (broad SMARTS) is 1. The number of alkyl halides is 6. The summed E-state index contributed by atoms with van der Waals surface area (Å²) in [6, 6.07) is 8.65. The molecule has 2 aromatic carbocycles. The van der Waals surface area contributed by atoms with Crippen molar-refractivity contribution in [3.8, 4) is 0 Å². The molecule has 4 nitrogen and oxygen atoms in total. The second kappa shape index (κ2) is 10.3. The molecule has 0 fully saturated rings. The van der Waals surface area contributed by atoms with Crippen molar-refractivity contribution in [1.82, 2.24) is 0 Å². The smallest absolute Gasteiger partial charge is 0.416 e. The third-order valence-electron chi connectivity index (χ3n) is 3.33. The Morgan fingerprint density at radius 3 is 1.30 bits per heavy atom. The lowest BCUT2D eigenvalue weighted by molar-refractivity contribution is -0.138. The maximum Gasteiger partial charge on any atom is 0.416 e. The predicted octanol–water partition coefficient (Wildman–Crippen LogP) is 5.01. The number of hydrogen-bond donors (Lipinski definition) is 2. The highest BCUT2D eigenvalue weighted by Gasteiger charge is 2.30. The molecule has 160 valence electrons. The van der Waals surface area contributed by atoms with Crippen molar-refractivity contribution >= 4 is 24.0 Å². The second-order valence-electron chi connectivity index (χ2n) is 5.65. The van der Waals surface area contributed by atoms with Crippen LogP contribution in [0.1, 0.15) is 22.3 Å². The third kappa shape index (κ3) is 9.09. The summed E-state index contributed by atoms with van der Waals surface area (Å²) in [5.41, 5.74) is 4.25. The van der Waals surface area contributed by atoms with Gasteiger partial charge in [0, 0.05) is 12.2 Å². The quantitative estimate of drug-likeness (QED) is 0.528. The van der Waals surface area contributed by atoms with E-state index in [2.05, 4.69) is 0 Å². The molecule has 0 saturated carbocycles. The standard InChI is InChI=1S/C10H8F3NO.C10H7F3O2/c2*11-10(12,13)8-4-1-7(2-5-8)3-6-9(14)15/h1-6H,(H2,14,15);1-6H,(H,14,15). The molecule has 1 amide bonds. The Labute approximate surface area is 166 Å². The van der Waals surface area contributed by atoms with E-state index in [-0.39, 0.29) is 0 Å². The number of rotatable bonds is 4. The van der Waals surface area contributed by atoms with Crippen LogP contribution in [0.2, 0.25) is 0 Å². The van der Waals surface area contributed by atoms with Crippen molar-refractivity contribution in [3.63, 3.8) is 0 Å². The summed E-state index contributed by atoms with van der Waals surface area (Å²) >= 11 is 0. The average Bonchev–Trinajstić information content (AvgIpc) is 2.64. The van der Waals surface area contributed by atoms with E-state index in [9.17, 15) is 35.9 Å². The van der Waals surface area contributed by atoms with Crippen LogP contribution in [0, 0.1) is 0 Å². The molecule has 2 rings (SSSR count). The highest BCUT2D eigenvalue weighted by atomic mass is 19.4. The number of aliphatic carboxylic acids is 1. The monoisotopic (exact) mass is 431 g/mol. The number of hydrogen-bond acceptors (Lipinski definition) is 2. The first-order chi connectivity index (χ1) is 13.8. The molecule has 0 saturated heterocycles. The number of nitrogens with two attached hydrogens (primary N) is 1. The Hall–Kier alpha value is -3.56. The van der Waals surface area contributed by atoms with Gasteiger partial charge in [-0.2, -0.15) is 26.3 Å². The van der Waals surface area contributed by atoms with Crippen LogP contribution in [-0.2, 0) is 21.9 Å². The van der Waals surface area contributed by atoms with Crippen LogP contribution in [0.5, 0.6) is 0 Å². The molecular weight excluding hydrogens is 416 g/mol. The van der Waals surface area contributed by atoms with E-state index in [1.807, 2.05) is 0 Å². The van der Waals surface area contributed by atoms with Crippen LogP contribution in [-0.4, -0.2) is 17.0 Å². The molecule has 0 aliphatic heterocycles. The topological polar surface area (TPSA) is 80.4 Å². The molecule has 2 aromatic rings. The fourth-order valence-corrected chi connectivity index (χ4v) is 1.91. The summed E-state index contributed by atoms with van der Waals surface area (Å²) in [6.45, 7) is 0. The molecule has 0 bridgehead atoms. The van der Waals surface area contributed by atoms with E-state index in [1.165, 1.54) is 36.4 Å². The minimum atomic E-state index is -4.37.